The van der Waals surface area contributed by atoms with Gasteiger partial charge >= 0.3 is 0 Å². The first kappa shape index (κ1) is 18.7. The highest BCUT2D eigenvalue weighted by atomic mass is 32.1. The van der Waals surface area contributed by atoms with E-state index in [2.05, 4.69) is 56.4 Å². The number of aromatic nitrogens is 3. The maximum absolute atomic E-state index is 12.7. The minimum atomic E-state index is 0.0563. The number of fused-ring (bicyclic) bond motifs is 1. The van der Waals surface area contributed by atoms with E-state index in [0.717, 1.165) is 29.1 Å². The topological polar surface area (TPSA) is 62.2 Å². The van der Waals surface area contributed by atoms with Gasteiger partial charge in [-0.15, -0.1) is 11.3 Å². The number of nitrogens with zero attached hydrogens (tertiary/aromatic N) is 5. The molecule has 4 heterocycles. The molecule has 6 nitrogen and oxygen atoms in total. The van der Waals surface area contributed by atoms with Gasteiger partial charge in [0.05, 0.1) is 5.39 Å². The average molecular weight is 416 g/mol. The Labute approximate surface area is 178 Å². The van der Waals surface area contributed by atoms with Crippen molar-refractivity contribution in [2.24, 2.45) is 0 Å². The number of aryl methyl sites for hydroxylation is 1. The number of pyridine rings is 1. The summed E-state index contributed by atoms with van der Waals surface area (Å²) in [5.41, 5.74) is 4.27. The Morgan fingerprint density at radius 2 is 1.70 bits per heavy atom. The first-order valence-electron chi connectivity index (χ1n) is 9.94. The van der Waals surface area contributed by atoms with Crippen molar-refractivity contribution in [2.75, 3.05) is 31.1 Å². The van der Waals surface area contributed by atoms with Gasteiger partial charge < -0.3 is 9.80 Å². The molecule has 1 fully saturated rings. The first-order chi connectivity index (χ1) is 14.7. The molecule has 0 radical (unpaired) electrons. The summed E-state index contributed by atoms with van der Waals surface area (Å²) in [5.74, 6) is 1.01. The number of thiophene rings is 1. The zero-order valence-corrected chi connectivity index (χ0v) is 17.5. The van der Waals surface area contributed by atoms with Gasteiger partial charge in [-0.2, -0.15) is 0 Å². The van der Waals surface area contributed by atoms with Gasteiger partial charge in [0.2, 0.25) is 0 Å². The molecule has 30 heavy (non-hydrogen) atoms. The largest absolute Gasteiger partial charge is 0.352 e. The molecule has 1 aliphatic rings. The zero-order chi connectivity index (χ0) is 20.5. The van der Waals surface area contributed by atoms with E-state index < -0.39 is 0 Å². The molecule has 3 aromatic heterocycles. The number of carbonyl (C=O) groups excluding carboxylic acids is 1. The first-order valence-corrected chi connectivity index (χ1v) is 10.8. The van der Waals surface area contributed by atoms with Gasteiger partial charge in [-0.1, -0.05) is 29.8 Å². The third kappa shape index (κ3) is 3.41. The summed E-state index contributed by atoms with van der Waals surface area (Å²) < 4.78 is 0. The second-order valence-electron chi connectivity index (χ2n) is 7.41. The summed E-state index contributed by atoms with van der Waals surface area (Å²) >= 11 is 1.65. The smallest absolute Gasteiger partial charge is 0.254 e. The minimum absolute atomic E-state index is 0.0563. The van der Waals surface area contributed by atoms with Gasteiger partial charge in [-0.25, -0.2) is 9.97 Å². The van der Waals surface area contributed by atoms with Crippen LogP contribution in [0.3, 0.4) is 0 Å². The Morgan fingerprint density at radius 1 is 0.967 bits per heavy atom. The lowest BCUT2D eigenvalue weighted by Crippen LogP contribution is -2.49. The second-order valence-corrected chi connectivity index (χ2v) is 8.27. The van der Waals surface area contributed by atoms with E-state index in [9.17, 15) is 4.79 Å². The third-order valence-corrected chi connectivity index (χ3v) is 6.39. The standard InChI is InChI=1S/C23H21N5OS/c1-16-2-4-17(5-3-16)19-14-30-22-20(19)21(25-15-26-22)27-10-12-28(13-11-27)23(29)18-6-8-24-9-7-18/h2-9,14-15H,10-13H2,1H3. The van der Waals surface area contributed by atoms with Crippen molar-refractivity contribution >= 4 is 33.3 Å². The van der Waals surface area contributed by atoms with Gasteiger partial charge in [-0.05, 0) is 24.6 Å². The molecule has 0 saturated carbocycles. The van der Waals surface area contributed by atoms with Crippen molar-refractivity contribution in [1.29, 1.82) is 0 Å². The lowest BCUT2D eigenvalue weighted by Gasteiger charge is -2.35. The molecule has 1 saturated heterocycles. The molecule has 0 aliphatic carbocycles. The summed E-state index contributed by atoms with van der Waals surface area (Å²) in [7, 11) is 0. The molecule has 0 bridgehead atoms. The summed E-state index contributed by atoms with van der Waals surface area (Å²) in [6.45, 7) is 4.91. The Morgan fingerprint density at radius 3 is 2.43 bits per heavy atom. The van der Waals surface area contributed by atoms with E-state index in [4.69, 9.17) is 0 Å². The molecule has 1 aromatic carbocycles. The summed E-state index contributed by atoms with van der Waals surface area (Å²) in [6, 6.07) is 12.1. The number of carbonyl (C=O) groups is 1. The Kier molecular flexibility index (Phi) is 4.88. The molecular weight excluding hydrogens is 394 g/mol. The van der Waals surface area contributed by atoms with Crippen LogP contribution in [-0.4, -0.2) is 51.9 Å². The van der Waals surface area contributed by atoms with Crippen LogP contribution in [0.1, 0.15) is 15.9 Å². The van der Waals surface area contributed by atoms with Crippen molar-refractivity contribution in [3.63, 3.8) is 0 Å². The van der Waals surface area contributed by atoms with E-state index in [1.807, 2.05) is 4.90 Å². The molecular formula is C23H21N5OS. The monoisotopic (exact) mass is 415 g/mol. The van der Waals surface area contributed by atoms with Crippen LogP contribution in [0.4, 0.5) is 5.82 Å². The fourth-order valence-electron chi connectivity index (χ4n) is 3.84. The SMILES string of the molecule is Cc1ccc(-c2csc3ncnc(N4CCN(C(=O)c5ccncc5)CC4)c23)cc1. The lowest BCUT2D eigenvalue weighted by atomic mass is 10.0. The molecule has 0 unspecified atom stereocenters. The predicted molar refractivity (Wildman–Crippen MR) is 120 cm³/mol. The molecule has 0 atom stereocenters. The van der Waals surface area contributed by atoms with Crippen molar-refractivity contribution in [2.45, 2.75) is 6.92 Å². The highest BCUT2D eigenvalue weighted by molar-refractivity contribution is 7.17. The summed E-state index contributed by atoms with van der Waals surface area (Å²) in [5, 5.41) is 3.26. The maximum atomic E-state index is 12.7. The zero-order valence-electron chi connectivity index (χ0n) is 16.7. The van der Waals surface area contributed by atoms with Gasteiger partial charge in [0.25, 0.3) is 5.91 Å². The summed E-state index contributed by atoms with van der Waals surface area (Å²) in [6.07, 6.45) is 4.95. The Balaban J connectivity index is 1.41. The lowest BCUT2D eigenvalue weighted by molar-refractivity contribution is 0.0746. The van der Waals surface area contributed by atoms with E-state index in [0.29, 0.717) is 18.7 Å². The maximum Gasteiger partial charge on any atom is 0.254 e. The van der Waals surface area contributed by atoms with Crippen molar-refractivity contribution in [3.05, 3.63) is 71.6 Å². The third-order valence-electron chi connectivity index (χ3n) is 5.51. The van der Waals surface area contributed by atoms with Gasteiger partial charge in [0.1, 0.15) is 17.0 Å². The van der Waals surface area contributed by atoms with Crippen LogP contribution in [-0.2, 0) is 0 Å². The number of piperazine rings is 1. The number of rotatable bonds is 3. The van der Waals surface area contributed by atoms with E-state index in [-0.39, 0.29) is 5.91 Å². The number of anilines is 1. The summed E-state index contributed by atoms with van der Waals surface area (Å²) in [4.78, 5) is 31.0. The van der Waals surface area contributed by atoms with Gasteiger partial charge in [0.15, 0.2) is 0 Å². The predicted octanol–water partition coefficient (Wildman–Crippen LogP) is 4.02. The number of hydrogen-bond acceptors (Lipinski definition) is 6. The minimum Gasteiger partial charge on any atom is -0.352 e. The molecule has 1 aliphatic heterocycles. The molecule has 5 rings (SSSR count). The Hall–Kier alpha value is -3.32. The van der Waals surface area contributed by atoms with Crippen molar-refractivity contribution in [1.82, 2.24) is 19.9 Å². The highest BCUT2D eigenvalue weighted by Crippen LogP contribution is 2.38. The van der Waals surface area contributed by atoms with Crippen molar-refractivity contribution in [3.8, 4) is 11.1 Å². The normalized spacial score (nSPS) is 14.3. The van der Waals surface area contributed by atoms with Crippen LogP contribution < -0.4 is 4.90 Å². The van der Waals surface area contributed by atoms with Gasteiger partial charge in [-0.3, -0.25) is 9.78 Å². The fourth-order valence-corrected chi connectivity index (χ4v) is 4.75. The molecule has 0 N–H and O–H groups in total. The van der Waals surface area contributed by atoms with Crippen LogP contribution in [0.15, 0.2) is 60.5 Å². The molecule has 4 aromatic rings. The second kappa shape index (κ2) is 7.84. The molecule has 0 spiro atoms. The number of amides is 1. The van der Waals surface area contributed by atoms with Crippen LogP contribution >= 0.6 is 11.3 Å². The highest BCUT2D eigenvalue weighted by Gasteiger charge is 2.25. The van der Waals surface area contributed by atoms with Crippen molar-refractivity contribution < 1.29 is 4.79 Å². The Bertz CT molecular complexity index is 1180. The fraction of sp³-hybridized carbons (Fsp3) is 0.217. The number of benzene rings is 1. The van der Waals surface area contributed by atoms with Crippen LogP contribution in [0.5, 0.6) is 0 Å². The molecule has 1 amide bonds. The molecule has 7 heteroatoms. The number of hydrogen-bond donors (Lipinski definition) is 0. The van der Waals surface area contributed by atoms with Crippen LogP contribution in [0, 0.1) is 6.92 Å². The van der Waals surface area contributed by atoms with E-state index in [1.54, 1.807) is 42.2 Å². The van der Waals surface area contributed by atoms with Gasteiger partial charge in [0, 0.05) is 55.1 Å². The van der Waals surface area contributed by atoms with Crippen LogP contribution in [0.25, 0.3) is 21.3 Å². The van der Waals surface area contributed by atoms with Crippen LogP contribution in [0.2, 0.25) is 0 Å². The average Bonchev–Trinajstić information content (AvgIpc) is 3.24. The quantitative estimate of drug-likeness (QED) is 0.506. The molecule has 150 valence electrons. The van der Waals surface area contributed by atoms with E-state index >= 15 is 0 Å². The van der Waals surface area contributed by atoms with E-state index in [1.165, 1.54) is 16.7 Å².